The van der Waals surface area contributed by atoms with E-state index in [0.717, 1.165) is 0 Å². The molecule has 0 saturated carbocycles. The predicted octanol–water partition coefficient (Wildman–Crippen LogP) is 0.761. The Kier molecular flexibility index (Phi) is 4.94. The van der Waals surface area contributed by atoms with E-state index in [1.165, 1.54) is 6.92 Å². The number of ether oxygens (including phenoxy) is 1. The molecule has 0 radical (unpaired) electrons. The molecule has 5 N–H and O–H groups in total. The number of hydrogen-bond acceptors (Lipinski definition) is 4. The Morgan fingerprint density at radius 2 is 2.17 bits per heavy atom. The van der Waals surface area contributed by atoms with Gasteiger partial charge in [0.05, 0.1) is 0 Å². The summed E-state index contributed by atoms with van der Waals surface area (Å²) in [6, 6.07) is 3.95. The van der Waals surface area contributed by atoms with Gasteiger partial charge in [0, 0.05) is 17.1 Å². The van der Waals surface area contributed by atoms with Gasteiger partial charge in [-0.2, -0.15) is 0 Å². The Morgan fingerprint density at radius 1 is 1.50 bits per heavy atom. The van der Waals surface area contributed by atoms with Crippen LogP contribution in [-0.2, 0) is 11.3 Å². The van der Waals surface area contributed by atoms with Crippen LogP contribution in [0.4, 0.5) is 4.79 Å². The molecule has 0 fully saturated rings. The molecule has 0 spiro atoms. The van der Waals surface area contributed by atoms with Gasteiger partial charge in [0.15, 0.2) is 6.10 Å². The normalized spacial score (nSPS) is 11.7. The second-order valence-electron chi connectivity index (χ2n) is 3.57. The third-order valence-electron chi connectivity index (χ3n) is 2.16. The quantitative estimate of drug-likeness (QED) is 0.751. The lowest BCUT2D eigenvalue weighted by molar-refractivity contribution is -0.126. The highest BCUT2D eigenvalue weighted by molar-refractivity contribution is 6.30. The van der Waals surface area contributed by atoms with Crippen LogP contribution in [0.15, 0.2) is 18.2 Å². The lowest BCUT2D eigenvalue weighted by Gasteiger charge is -2.16. The lowest BCUT2D eigenvalue weighted by atomic mass is 10.2. The van der Waals surface area contributed by atoms with E-state index in [4.69, 9.17) is 27.8 Å². The van der Waals surface area contributed by atoms with Crippen LogP contribution in [0, 0.1) is 0 Å². The van der Waals surface area contributed by atoms with Crippen molar-refractivity contribution in [1.82, 2.24) is 5.32 Å². The van der Waals surface area contributed by atoms with Gasteiger partial charge in [-0.25, -0.2) is 4.79 Å². The minimum absolute atomic E-state index is 0.222. The van der Waals surface area contributed by atoms with E-state index >= 15 is 0 Å². The van der Waals surface area contributed by atoms with Gasteiger partial charge in [0.2, 0.25) is 0 Å². The van der Waals surface area contributed by atoms with Crippen LogP contribution in [0.2, 0.25) is 5.02 Å². The highest BCUT2D eigenvalue weighted by Gasteiger charge is 2.17. The van der Waals surface area contributed by atoms with Crippen LogP contribution < -0.4 is 21.5 Å². The number of hydrogen-bond donors (Lipinski definition) is 3. The zero-order valence-corrected chi connectivity index (χ0v) is 10.5. The molecule has 0 saturated heterocycles. The van der Waals surface area contributed by atoms with Gasteiger partial charge in [-0.15, -0.1) is 0 Å². The molecule has 1 aromatic carbocycles. The van der Waals surface area contributed by atoms with E-state index in [2.05, 4.69) is 0 Å². The highest BCUT2D eigenvalue weighted by atomic mass is 35.5. The van der Waals surface area contributed by atoms with E-state index in [1.54, 1.807) is 18.2 Å². The largest absolute Gasteiger partial charge is 0.481 e. The van der Waals surface area contributed by atoms with E-state index in [0.29, 0.717) is 16.3 Å². The Morgan fingerprint density at radius 3 is 2.72 bits per heavy atom. The molecule has 1 aromatic rings. The number of imide groups is 1. The summed E-state index contributed by atoms with van der Waals surface area (Å²) in [6.45, 7) is 1.72. The van der Waals surface area contributed by atoms with Crippen LogP contribution in [-0.4, -0.2) is 18.0 Å². The van der Waals surface area contributed by atoms with Crippen LogP contribution in [0.25, 0.3) is 0 Å². The van der Waals surface area contributed by atoms with E-state index in [1.807, 2.05) is 5.32 Å². The fourth-order valence-corrected chi connectivity index (χ4v) is 1.48. The van der Waals surface area contributed by atoms with E-state index in [9.17, 15) is 9.59 Å². The van der Waals surface area contributed by atoms with E-state index in [-0.39, 0.29) is 6.54 Å². The highest BCUT2D eigenvalue weighted by Crippen LogP contribution is 2.23. The second-order valence-corrected chi connectivity index (χ2v) is 4.01. The molecule has 0 heterocycles. The van der Waals surface area contributed by atoms with Gasteiger partial charge in [-0.1, -0.05) is 11.6 Å². The molecule has 0 aliphatic rings. The smallest absolute Gasteiger partial charge is 0.318 e. The molecular weight excluding hydrogens is 258 g/mol. The molecule has 1 atom stereocenters. The maximum absolute atomic E-state index is 11.4. The summed E-state index contributed by atoms with van der Waals surface area (Å²) in [7, 11) is 0. The molecule has 1 rings (SSSR count). The Labute approximate surface area is 109 Å². The van der Waals surface area contributed by atoms with Crippen molar-refractivity contribution in [2.75, 3.05) is 0 Å². The summed E-state index contributed by atoms with van der Waals surface area (Å²) in [5.41, 5.74) is 11.0. The zero-order valence-electron chi connectivity index (χ0n) is 9.77. The average molecular weight is 272 g/mol. The minimum Gasteiger partial charge on any atom is -0.481 e. The van der Waals surface area contributed by atoms with Crippen LogP contribution in [0.3, 0.4) is 0 Å². The summed E-state index contributed by atoms with van der Waals surface area (Å²) in [5, 5.41) is 2.45. The SMILES string of the molecule is CC(Oc1ccc(Cl)cc1CN)C(=O)NC(N)=O. The number of amides is 3. The molecule has 0 bridgehead atoms. The third-order valence-corrected chi connectivity index (χ3v) is 2.40. The molecule has 6 nitrogen and oxygen atoms in total. The summed E-state index contributed by atoms with van der Waals surface area (Å²) >= 11 is 5.81. The zero-order chi connectivity index (χ0) is 13.7. The predicted molar refractivity (Wildman–Crippen MR) is 67.2 cm³/mol. The van der Waals surface area contributed by atoms with Crippen molar-refractivity contribution in [3.8, 4) is 5.75 Å². The number of rotatable bonds is 4. The Hall–Kier alpha value is -1.79. The fourth-order valence-electron chi connectivity index (χ4n) is 1.29. The number of nitrogens with two attached hydrogens (primary N) is 2. The van der Waals surface area contributed by atoms with Gasteiger partial charge in [-0.05, 0) is 25.1 Å². The molecule has 7 heteroatoms. The van der Waals surface area contributed by atoms with Crippen molar-refractivity contribution in [3.63, 3.8) is 0 Å². The molecule has 3 amide bonds. The number of nitrogens with one attached hydrogen (secondary N) is 1. The molecule has 0 aromatic heterocycles. The van der Waals surface area contributed by atoms with Gasteiger partial charge in [-0.3, -0.25) is 10.1 Å². The Bertz CT molecular complexity index is 465. The van der Waals surface area contributed by atoms with Crippen molar-refractivity contribution in [1.29, 1.82) is 0 Å². The molecule has 98 valence electrons. The summed E-state index contributed by atoms with van der Waals surface area (Å²) in [6.07, 6.45) is -0.871. The first kappa shape index (κ1) is 14.3. The second kappa shape index (κ2) is 6.23. The van der Waals surface area contributed by atoms with Gasteiger partial charge in [0.25, 0.3) is 5.91 Å². The van der Waals surface area contributed by atoms with Gasteiger partial charge < -0.3 is 16.2 Å². The molecule has 1 unspecified atom stereocenters. The molecule has 18 heavy (non-hydrogen) atoms. The molecule has 0 aliphatic heterocycles. The van der Waals surface area contributed by atoms with Crippen molar-refractivity contribution in [2.45, 2.75) is 19.6 Å². The fraction of sp³-hybridized carbons (Fsp3) is 0.273. The first-order valence-corrected chi connectivity index (χ1v) is 5.57. The van der Waals surface area contributed by atoms with E-state index < -0.39 is 18.0 Å². The van der Waals surface area contributed by atoms with Crippen molar-refractivity contribution in [2.24, 2.45) is 11.5 Å². The van der Waals surface area contributed by atoms with Crippen LogP contribution >= 0.6 is 11.6 Å². The third kappa shape index (κ3) is 3.90. The number of benzene rings is 1. The Balaban J connectivity index is 2.78. The monoisotopic (exact) mass is 271 g/mol. The van der Waals surface area contributed by atoms with Gasteiger partial charge >= 0.3 is 6.03 Å². The summed E-state index contributed by atoms with van der Waals surface area (Å²) in [5.74, 6) is -0.186. The van der Waals surface area contributed by atoms with Crippen LogP contribution in [0.5, 0.6) is 5.75 Å². The number of primary amides is 1. The topological polar surface area (TPSA) is 107 Å². The number of carbonyl (C=O) groups is 2. The summed E-state index contributed by atoms with van der Waals surface area (Å²) < 4.78 is 5.40. The average Bonchev–Trinajstić information content (AvgIpc) is 2.30. The standard InChI is InChI=1S/C11H14ClN3O3/c1-6(10(16)15-11(14)17)18-9-3-2-8(12)4-7(9)5-13/h2-4,6H,5,13H2,1H3,(H3,14,15,16,17). The van der Waals surface area contributed by atoms with Gasteiger partial charge in [0.1, 0.15) is 5.75 Å². The van der Waals surface area contributed by atoms with Crippen molar-refractivity contribution in [3.05, 3.63) is 28.8 Å². The number of urea groups is 1. The van der Waals surface area contributed by atoms with Crippen LogP contribution in [0.1, 0.15) is 12.5 Å². The summed E-state index contributed by atoms with van der Waals surface area (Å²) in [4.78, 5) is 22.0. The molecular formula is C11H14ClN3O3. The molecule has 0 aliphatic carbocycles. The maximum Gasteiger partial charge on any atom is 0.318 e. The first-order valence-electron chi connectivity index (χ1n) is 5.19. The lowest BCUT2D eigenvalue weighted by Crippen LogP contribution is -2.42. The minimum atomic E-state index is -0.925. The first-order chi connectivity index (χ1) is 8.43. The number of halogens is 1. The van der Waals surface area contributed by atoms with Crippen molar-refractivity contribution < 1.29 is 14.3 Å². The number of carbonyl (C=O) groups excluding carboxylic acids is 2. The van der Waals surface area contributed by atoms with Crippen molar-refractivity contribution >= 4 is 23.5 Å². The maximum atomic E-state index is 11.4.